The largest absolute Gasteiger partial charge is 0.241 e. The molecule has 4 heteroatoms. The fourth-order valence-electron chi connectivity index (χ4n) is 2.29. The standard InChI is InChI=1S/C17H12N2S2/c1-11-18-13-9-14-16(10-15(13)20-11)21-17(19-14)8-7-12-5-3-2-4-6-12/h2-10H,1H3/b8-7+. The molecular formula is C17H12N2S2. The van der Waals surface area contributed by atoms with E-state index in [1.165, 1.54) is 15.0 Å². The highest BCUT2D eigenvalue weighted by Crippen LogP contribution is 2.30. The zero-order valence-electron chi connectivity index (χ0n) is 11.4. The summed E-state index contributed by atoms with van der Waals surface area (Å²) in [6.07, 6.45) is 4.18. The highest BCUT2D eigenvalue weighted by Gasteiger charge is 2.06. The number of rotatable bonds is 2. The van der Waals surface area contributed by atoms with Crippen LogP contribution in [0, 0.1) is 6.92 Å². The second-order valence-electron chi connectivity index (χ2n) is 4.82. The van der Waals surface area contributed by atoms with Crippen LogP contribution < -0.4 is 0 Å². The molecule has 0 bridgehead atoms. The first-order valence-corrected chi connectivity index (χ1v) is 8.32. The molecule has 0 saturated carbocycles. The molecule has 0 radical (unpaired) electrons. The fourth-order valence-corrected chi connectivity index (χ4v) is 4.10. The number of hydrogen-bond acceptors (Lipinski definition) is 4. The minimum atomic E-state index is 1.03. The molecule has 21 heavy (non-hydrogen) atoms. The van der Waals surface area contributed by atoms with E-state index in [0.717, 1.165) is 21.0 Å². The van der Waals surface area contributed by atoms with Crippen molar-refractivity contribution in [1.29, 1.82) is 0 Å². The molecule has 0 amide bonds. The van der Waals surface area contributed by atoms with Crippen LogP contribution in [0.2, 0.25) is 0 Å². The van der Waals surface area contributed by atoms with Gasteiger partial charge in [-0.2, -0.15) is 0 Å². The molecule has 0 spiro atoms. The van der Waals surface area contributed by atoms with E-state index < -0.39 is 0 Å². The fraction of sp³-hybridized carbons (Fsp3) is 0.0588. The van der Waals surface area contributed by atoms with Crippen LogP contribution in [0.15, 0.2) is 42.5 Å². The van der Waals surface area contributed by atoms with E-state index in [0.29, 0.717) is 0 Å². The Kier molecular flexibility index (Phi) is 3.05. The van der Waals surface area contributed by atoms with Gasteiger partial charge in [-0.05, 0) is 30.7 Å². The van der Waals surface area contributed by atoms with Crippen molar-refractivity contribution in [2.75, 3.05) is 0 Å². The van der Waals surface area contributed by atoms with Crippen molar-refractivity contribution in [1.82, 2.24) is 9.97 Å². The van der Waals surface area contributed by atoms with Gasteiger partial charge in [0.25, 0.3) is 0 Å². The number of benzene rings is 2. The second kappa shape index (κ2) is 5.06. The first-order chi connectivity index (χ1) is 10.3. The summed E-state index contributed by atoms with van der Waals surface area (Å²) in [6, 6.07) is 14.6. The summed E-state index contributed by atoms with van der Waals surface area (Å²) in [5.74, 6) is 0. The Balaban J connectivity index is 1.75. The topological polar surface area (TPSA) is 25.8 Å². The lowest BCUT2D eigenvalue weighted by atomic mass is 10.2. The van der Waals surface area contributed by atoms with Gasteiger partial charge in [-0.25, -0.2) is 9.97 Å². The van der Waals surface area contributed by atoms with Crippen molar-refractivity contribution in [2.45, 2.75) is 6.92 Å². The van der Waals surface area contributed by atoms with Gasteiger partial charge in [0.15, 0.2) is 0 Å². The first-order valence-electron chi connectivity index (χ1n) is 6.69. The minimum Gasteiger partial charge on any atom is -0.241 e. The van der Waals surface area contributed by atoms with Crippen LogP contribution in [0.5, 0.6) is 0 Å². The molecule has 0 aliphatic heterocycles. The molecule has 4 aromatic rings. The zero-order chi connectivity index (χ0) is 14.2. The Morgan fingerprint density at radius 1 is 0.857 bits per heavy atom. The molecule has 0 N–H and O–H groups in total. The van der Waals surface area contributed by atoms with Crippen LogP contribution in [0.4, 0.5) is 0 Å². The number of aromatic nitrogens is 2. The SMILES string of the molecule is Cc1nc2cc3nc(/C=C/c4ccccc4)sc3cc2s1. The van der Waals surface area contributed by atoms with E-state index in [2.05, 4.69) is 46.4 Å². The molecule has 0 aliphatic carbocycles. The highest BCUT2D eigenvalue weighted by molar-refractivity contribution is 7.21. The minimum absolute atomic E-state index is 1.03. The lowest BCUT2D eigenvalue weighted by molar-refractivity contribution is 1.35. The van der Waals surface area contributed by atoms with Gasteiger partial charge in [-0.3, -0.25) is 0 Å². The normalized spacial score (nSPS) is 11.9. The first kappa shape index (κ1) is 12.7. The van der Waals surface area contributed by atoms with Crippen molar-refractivity contribution >= 4 is 55.3 Å². The predicted molar refractivity (Wildman–Crippen MR) is 92.9 cm³/mol. The zero-order valence-corrected chi connectivity index (χ0v) is 13.0. The maximum atomic E-state index is 4.68. The van der Waals surface area contributed by atoms with Crippen LogP contribution in [0.25, 0.3) is 32.6 Å². The summed E-state index contributed by atoms with van der Waals surface area (Å²) in [5.41, 5.74) is 3.27. The average molecular weight is 308 g/mol. The molecule has 0 saturated heterocycles. The Morgan fingerprint density at radius 3 is 2.48 bits per heavy atom. The van der Waals surface area contributed by atoms with Crippen molar-refractivity contribution in [3.63, 3.8) is 0 Å². The van der Waals surface area contributed by atoms with Crippen LogP contribution in [0.1, 0.15) is 15.6 Å². The summed E-state index contributed by atoms with van der Waals surface area (Å²) in [5, 5.41) is 2.13. The Hall–Kier alpha value is -2.04. The maximum Gasteiger partial charge on any atom is 0.117 e. The van der Waals surface area contributed by atoms with Crippen molar-refractivity contribution in [3.8, 4) is 0 Å². The third kappa shape index (κ3) is 2.48. The molecule has 2 aromatic heterocycles. The molecular weight excluding hydrogens is 296 g/mol. The Morgan fingerprint density at radius 2 is 1.62 bits per heavy atom. The monoisotopic (exact) mass is 308 g/mol. The van der Waals surface area contributed by atoms with E-state index in [4.69, 9.17) is 0 Å². The van der Waals surface area contributed by atoms with E-state index >= 15 is 0 Å². The summed E-state index contributed by atoms with van der Waals surface area (Å²) in [7, 11) is 0. The number of aryl methyl sites for hydroxylation is 1. The molecule has 2 aromatic carbocycles. The van der Waals surface area contributed by atoms with Gasteiger partial charge in [0, 0.05) is 0 Å². The summed E-state index contributed by atoms with van der Waals surface area (Å²) >= 11 is 3.46. The summed E-state index contributed by atoms with van der Waals surface area (Å²) in [6.45, 7) is 2.04. The molecule has 0 atom stereocenters. The third-order valence-electron chi connectivity index (χ3n) is 3.24. The summed E-state index contributed by atoms with van der Waals surface area (Å²) < 4.78 is 2.46. The smallest absolute Gasteiger partial charge is 0.117 e. The lowest BCUT2D eigenvalue weighted by Gasteiger charge is -1.89. The highest BCUT2D eigenvalue weighted by atomic mass is 32.1. The van der Waals surface area contributed by atoms with Crippen LogP contribution >= 0.6 is 22.7 Å². The van der Waals surface area contributed by atoms with E-state index in [-0.39, 0.29) is 0 Å². The average Bonchev–Trinajstić information content (AvgIpc) is 3.04. The summed E-state index contributed by atoms with van der Waals surface area (Å²) in [4.78, 5) is 9.21. The van der Waals surface area contributed by atoms with Crippen LogP contribution in [0.3, 0.4) is 0 Å². The van der Waals surface area contributed by atoms with E-state index in [9.17, 15) is 0 Å². The molecule has 2 nitrogen and oxygen atoms in total. The second-order valence-corrected chi connectivity index (χ2v) is 7.11. The Bertz CT molecular complexity index is 898. The number of nitrogens with zero attached hydrogens (tertiary/aromatic N) is 2. The van der Waals surface area contributed by atoms with Crippen molar-refractivity contribution in [2.24, 2.45) is 0 Å². The molecule has 102 valence electrons. The number of thiazole rings is 2. The number of fused-ring (bicyclic) bond motifs is 2. The van der Waals surface area contributed by atoms with Gasteiger partial charge in [0.1, 0.15) is 5.01 Å². The van der Waals surface area contributed by atoms with Gasteiger partial charge in [0.2, 0.25) is 0 Å². The van der Waals surface area contributed by atoms with E-state index in [1.54, 1.807) is 22.7 Å². The molecule has 0 fully saturated rings. The quantitative estimate of drug-likeness (QED) is 0.496. The van der Waals surface area contributed by atoms with Crippen molar-refractivity contribution in [3.05, 3.63) is 58.0 Å². The maximum absolute atomic E-state index is 4.68. The van der Waals surface area contributed by atoms with Gasteiger partial charge < -0.3 is 0 Å². The molecule has 4 rings (SSSR count). The van der Waals surface area contributed by atoms with Gasteiger partial charge in [0.05, 0.1) is 25.4 Å². The van der Waals surface area contributed by atoms with Crippen LogP contribution in [-0.2, 0) is 0 Å². The van der Waals surface area contributed by atoms with E-state index in [1.807, 2.05) is 25.1 Å². The van der Waals surface area contributed by atoms with Gasteiger partial charge >= 0.3 is 0 Å². The number of hydrogen-bond donors (Lipinski definition) is 0. The molecule has 2 heterocycles. The van der Waals surface area contributed by atoms with Crippen molar-refractivity contribution < 1.29 is 0 Å². The lowest BCUT2D eigenvalue weighted by Crippen LogP contribution is -1.72. The van der Waals surface area contributed by atoms with Crippen LogP contribution in [-0.4, -0.2) is 9.97 Å². The Labute approximate surface area is 130 Å². The third-order valence-corrected chi connectivity index (χ3v) is 5.16. The predicted octanol–water partition coefficient (Wildman–Crippen LogP) is 5.38. The van der Waals surface area contributed by atoms with Gasteiger partial charge in [-0.1, -0.05) is 36.4 Å². The molecule has 0 unspecified atom stereocenters. The molecule has 0 aliphatic rings. The van der Waals surface area contributed by atoms with Gasteiger partial charge in [-0.15, -0.1) is 22.7 Å².